The van der Waals surface area contributed by atoms with Crippen LogP contribution >= 0.6 is 0 Å². The zero-order valence-corrected chi connectivity index (χ0v) is 18.6. The minimum absolute atomic E-state index is 0.00346. The third kappa shape index (κ3) is 5.69. The van der Waals surface area contributed by atoms with E-state index in [2.05, 4.69) is 0 Å². The number of hydrogen-bond donors (Lipinski definition) is 0. The first-order chi connectivity index (χ1) is 14.9. The number of rotatable bonds is 7. The van der Waals surface area contributed by atoms with Gasteiger partial charge < -0.3 is 24.0 Å². The van der Waals surface area contributed by atoms with E-state index in [1.165, 1.54) is 0 Å². The third-order valence-electron chi connectivity index (χ3n) is 5.47. The molecular formula is C24H30N2O5. The van der Waals surface area contributed by atoms with E-state index < -0.39 is 0 Å². The van der Waals surface area contributed by atoms with Crippen LogP contribution in [0, 0.1) is 13.8 Å². The van der Waals surface area contributed by atoms with Gasteiger partial charge in [0, 0.05) is 26.2 Å². The number of benzene rings is 2. The van der Waals surface area contributed by atoms with Crippen LogP contribution in [0.5, 0.6) is 17.2 Å². The third-order valence-corrected chi connectivity index (χ3v) is 5.47. The normalized spacial score (nSPS) is 13.7. The van der Waals surface area contributed by atoms with Crippen molar-refractivity contribution in [2.75, 3.05) is 47.0 Å². The van der Waals surface area contributed by atoms with Crippen molar-refractivity contribution in [1.29, 1.82) is 0 Å². The summed E-state index contributed by atoms with van der Waals surface area (Å²) in [6.07, 6.45) is 0.282. The maximum absolute atomic E-state index is 12.7. The first-order valence-corrected chi connectivity index (χ1v) is 10.4. The summed E-state index contributed by atoms with van der Waals surface area (Å²) in [5, 5.41) is 0. The molecule has 1 heterocycles. The number of piperazine rings is 1. The lowest BCUT2D eigenvalue weighted by atomic mass is 10.1. The van der Waals surface area contributed by atoms with Crippen LogP contribution in [0.1, 0.15) is 16.7 Å². The first kappa shape index (κ1) is 22.5. The molecule has 0 aliphatic carbocycles. The van der Waals surface area contributed by atoms with Gasteiger partial charge in [0.25, 0.3) is 5.91 Å². The smallest absolute Gasteiger partial charge is 0.260 e. The van der Waals surface area contributed by atoms with Crippen molar-refractivity contribution in [3.05, 3.63) is 53.1 Å². The SMILES string of the molecule is COc1ccc(CC(=O)N2CCN(C(=O)COc3ccc(C)cc3C)CC2)cc1OC. The number of carbonyl (C=O) groups is 2. The molecule has 0 aromatic heterocycles. The van der Waals surface area contributed by atoms with Gasteiger partial charge in [0.15, 0.2) is 18.1 Å². The number of hydrogen-bond acceptors (Lipinski definition) is 5. The minimum Gasteiger partial charge on any atom is -0.493 e. The molecule has 2 amide bonds. The van der Waals surface area contributed by atoms with Crippen molar-refractivity contribution in [2.45, 2.75) is 20.3 Å². The van der Waals surface area contributed by atoms with Gasteiger partial charge in [-0.05, 0) is 43.2 Å². The molecule has 0 unspecified atom stereocenters. The van der Waals surface area contributed by atoms with Crippen molar-refractivity contribution in [3.8, 4) is 17.2 Å². The zero-order chi connectivity index (χ0) is 22.4. The molecule has 0 spiro atoms. The average Bonchev–Trinajstić information content (AvgIpc) is 2.78. The summed E-state index contributed by atoms with van der Waals surface area (Å²) < 4.78 is 16.3. The summed E-state index contributed by atoms with van der Waals surface area (Å²) in [7, 11) is 3.15. The Kier molecular flexibility index (Phi) is 7.39. The summed E-state index contributed by atoms with van der Waals surface area (Å²) in [5.41, 5.74) is 3.03. The van der Waals surface area contributed by atoms with Crippen molar-refractivity contribution >= 4 is 11.8 Å². The quantitative estimate of drug-likeness (QED) is 0.681. The number of carbonyl (C=O) groups excluding carboxylic acids is 2. The Labute approximate surface area is 183 Å². The number of amides is 2. The molecule has 0 N–H and O–H groups in total. The lowest BCUT2D eigenvalue weighted by Crippen LogP contribution is -2.52. The highest BCUT2D eigenvalue weighted by Gasteiger charge is 2.24. The molecule has 7 nitrogen and oxygen atoms in total. The standard InChI is InChI=1S/C24H30N2O5/c1-17-5-7-20(18(2)13-17)31-16-24(28)26-11-9-25(10-12-26)23(27)15-19-6-8-21(29-3)22(14-19)30-4/h5-8,13-14H,9-12,15-16H2,1-4H3. The molecule has 2 aromatic carbocycles. The second kappa shape index (κ2) is 10.2. The van der Waals surface area contributed by atoms with Gasteiger partial charge in [-0.25, -0.2) is 0 Å². The molecule has 1 aliphatic heterocycles. The van der Waals surface area contributed by atoms with E-state index >= 15 is 0 Å². The summed E-state index contributed by atoms with van der Waals surface area (Å²) in [6.45, 7) is 6.04. The molecule has 31 heavy (non-hydrogen) atoms. The summed E-state index contributed by atoms with van der Waals surface area (Å²) in [6, 6.07) is 11.4. The number of nitrogens with zero attached hydrogens (tertiary/aromatic N) is 2. The molecule has 0 radical (unpaired) electrons. The maximum atomic E-state index is 12.7. The van der Waals surface area contributed by atoms with Crippen LogP contribution in [-0.2, 0) is 16.0 Å². The lowest BCUT2D eigenvalue weighted by molar-refractivity contribution is -0.140. The minimum atomic E-state index is -0.0630. The van der Waals surface area contributed by atoms with Gasteiger partial charge in [-0.3, -0.25) is 9.59 Å². The monoisotopic (exact) mass is 426 g/mol. The summed E-state index contributed by atoms with van der Waals surface area (Å²) in [5.74, 6) is 1.93. The molecule has 166 valence electrons. The van der Waals surface area contributed by atoms with Crippen molar-refractivity contribution in [3.63, 3.8) is 0 Å². The van der Waals surface area contributed by atoms with Gasteiger partial charge in [-0.1, -0.05) is 23.8 Å². The van der Waals surface area contributed by atoms with Crippen LogP contribution in [0.2, 0.25) is 0 Å². The van der Waals surface area contributed by atoms with Gasteiger partial charge in [-0.15, -0.1) is 0 Å². The molecular weight excluding hydrogens is 396 g/mol. The van der Waals surface area contributed by atoms with E-state index in [4.69, 9.17) is 14.2 Å². The Morgan fingerprint density at radius 2 is 1.42 bits per heavy atom. The van der Waals surface area contributed by atoms with Crippen molar-refractivity contribution in [2.24, 2.45) is 0 Å². The molecule has 2 aromatic rings. The van der Waals surface area contributed by atoms with E-state index in [0.29, 0.717) is 37.7 Å². The largest absolute Gasteiger partial charge is 0.493 e. The van der Waals surface area contributed by atoms with Gasteiger partial charge in [0.05, 0.1) is 20.6 Å². The Morgan fingerprint density at radius 1 is 0.806 bits per heavy atom. The van der Waals surface area contributed by atoms with Crippen LogP contribution in [0.4, 0.5) is 0 Å². The molecule has 1 aliphatic rings. The van der Waals surface area contributed by atoms with E-state index in [0.717, 1.165) is 22.4 Å². The fraction of sp³-hybridized carbons (Fsp3) is 0.417. The highest BCUT2D eigenvalue weighted by atomic mass is 16.5. The number of methoxy groups -OCH3 is 2. The zero-order valence-electron chi connectivity index (χ0n) is 18.6. The highest BCUT2D eigenvalue weighted by Crippen LogP contribution is 2.28. The van der Waals surface area contributed by atoms with Gasteiger partial charge in [-0.2, -0.15) is 0 Å². The first-order valence-electron chi connectivity index (χ1n) is 10.4. The van der Waals surface area contributed by atoms with Crippen molar-refractivity contribution < 1.29 is 23.8 Å². The van der Waals surface area contributed by atoms with Gasteiger partial charge in [0.2, 0.25) is 5.91 Å². The summed E-state index contributed by atoms with van der Waals surface area (Å²) in [4.78, 5) is 28.8. The van der Waals surface area contributed by atoms with Crippen molar-refractivity contribution in [1.82, 2.24) is 9.80 Å². The lowest BCUT2D eigenvalue weighted by Gasteiger charge is -2.34. The van der Waals surface area contributed by atoms with E-state index in [-0.39, 0.29) is 24.8 Å². The predicted octanol–water partition coefficient (Wildman–Crippen LogP) is 2.61. The fourth-order valence-electron chi connectivity index (χ4n) is 3.67. The van der Waals surface area contributed by atoms with E-state index in [1.807, 2.05) is 44.2 Å². The molecule has 3 rings (SSSR count). The van der Waals surface area contributed by atoms with Crippen LogP contribution in [0.25, 0.3) is 0 Å². The Balaban J connectivity index is 1.48. The average molecular weight is 427 g/mol. The fourth-order valence-corrected chi connectivity index (χ4v) is 3.67. The second-order valence-electron chi connectivity index (χ2n) is 7.69. The van der Waals surface area contributed by atoms with Gasteiger partial charge in [0.1, 0.15) is 5.75 Å². The Hall–Kier alpha value is -3.22. The summed E-state index contributed by atoms with van der Waals surface area (Å²) >= 11 is 0. The van der Waals surface area contributed by atoms with Crippen LogP contribution in [0.3, 0.4) is 0 Å². The maximum Gasteiger partial charge on any atom is 0.260 e. The molecule has 0 atom stereocenters. The Bertz CT molecular complexity index is 936. The molecule has 7 heteroatoms. The van der Waals surface area contributed by atoms with E-state index in [1.54, 1.807) is 30.1 Å². The van der Waals surface area contributed by atoms with Crippen LogP contribution in [0.15, 0.2) is 36.4 Å². The molecule has 0 saturated carbocycles. The predicted molar refractivity (Wildman–Crippen MR) is 118 cm³/mol. The molecule has 1 saturated heterocycles. The molecule has 1 fully saturated rings. The molecule has 0 bridgehead atoms. The second-order valence-corrected chi connectivity index (χ2v) is 7.69. The number of aryl methyl sites for hydroxylation is 2. The Morgan fingerprint density at radius 3 is 2.03 bits per heavy atom. The van der Waals surface area contributed by atoms with Crippen LogP contribution in [-0.4, -0.2) is 68.6 Å². The highest BCUT2D eigenvalue weighted by molar-refractivity contribution is 5.80. The number of ether oxygens (including phenoxy) is 3. The van der Waals surface area contributed by atoms with Gasteiger partial charge >= 0.3 is 0 Å². The van der Waals surface area contributed by atoms with Crippen LogP contribution < -0.4 is 14.2 Å². The van der Waals surface area contributed by atoms with E-state index in [9.17, 15) is 9.59 Å². The topological polar surface area (TPSA) is 68.3 Å².